The lowest BCUT2D eigenvalue weighted by molar-refractivity contribution is -0.0579. The fraction of sp³-hybridized carbons (Fsp3) is 0.536. The highest BCUT2D eigenvalue weighted by atomic mass is 35.5. The molecule has 2 aliphatic carbocycles. The lowest BCUT2D eigenvalue weighted by Crippen LogP contribution is -2.53. The molecule has 4 aliphatic rings. The molecule has 2 aromatic heterocycles. The minimum Gasteiger partial charge on any atom is -0.480 e. The molecule has 7 rings (SSSR count). The molecule has 2 aliphatic heterocycles. The molecule has 212 valence electrons. The maximum atomic E-state index is 15.0. The highest BCUT2D eigenvalue weighted by Gasteiger charge is 2.51. The molecule has 3 N–H and O–H groups in total. The van der Waals surface area contributed by atoms with Crippen LogP contribution in [0.3, 0.4) is 0 Å². The second-order valence-corrected chi connectivity index (χ2v) is 12.3. The van der Waals surface area contributed by atoms with Crippen LogP contribution >= 0.6 is 11.6 Å². The van der Waals surface area contributed by atoms with E-state index in [0.29, 0.717) is 52.8 Å². The van der Waals surface area contributed by atoms with Gasteiger partial charge in [-0.15, -0.1) is 0 Å². The van der Waals surface area contributed by atoms with Gasteiger partial charge < -0.3 is 29.9 Å². The molecule has 1 saturated heterocycles. The van der Waals surface area contributed by atoms with Gasteiger partial charge in [-0.2, -0.15) is 4.98 Å². The molecular formula is C28H31ClF2N6O3. The summed E-state index contributed by atoms with van der Waals surface area (Å²) in [4.78, 5) is 24.2. The highest BCUT2D eigenvalue weighted by molar-refractivity contribution is 6.33. The first-order valence-electron chi connectivity index (χ1n) is 13.8. The van der Waals surface area contributed by atoms with Crippen LogP contribution in [0, 0.1) is 11.3 Å². The summed E-state index contributed by atoms with van der Waals surface area (Å²) in [6, 6.07) is 4.21. The molecule has 9 nitrogen and oxygen atoms in total. The van der Waals surface area contributed by atoms with E-state index in [-0.39, 0.29) is 22.8 Å². The van der Waals surface area contributed by atoms with Gasteiger partial charge in [-0.3, -0.25) is 4.79 Å². The SMILES string of the molecule is Cn1c(=O)c2c(c3cc(Nc4nc(N5CC(O)CC6(CCC6)C5)ncc4Cl)ccc31)NC(C1CC1)C(F)(F)CO2. The summed E-state index contributed by atoms with van der Waals surface area (Å²) in [5.41, 5.74) is 1.10. The van der Waals surface area contributed by atoms with E-state index in [1.54, 1.807) is 25.2 Å². The molecular weight excluding hydrogens is 542 g/mol. The average molecular weight is 573 g/mol. The number of nitrogens with one attached hydrogen (secondary N) is 2. The number of nitrogens with zero attached hydrogens (tertiary/aromatic N) is 4. The van der Waals surface area contributed by atoms with Crippen molar-refractivity contribution < 1.29 is 18.6 Å². The lowest BCUT2D eigenvalue weighted by atomic mass is 9.64. The van der Waals surface area contributed by atoms with Crippen molar-refractivity contribution >= 4 is 45.6 Å². The number of aliphatic hydroxyl groups excluding tert-OH is 1. The highest BCUT2D eigenvalue weighted by Crippen LogP contribution is 2.48. The van der Waals surface area contributed by atoms with Crippen molar-refractivity contribution in [2.75, 3.05) is 35.2 Å². The Labute approximate surface area is 234 Å². The van der Waals surface area contributed by atoms with Gasteiger partial charge in [0, 0.05) is 31.2 Å². The van der Waals surface area contributed by atoms with Gasteiger partial charge in [-0.25, -0.2) is 13.8 Å². The topological polar surface area (TPSA) is 105 Å². The van der Waals surface area contributed by atoms with Crippen molar-refractivity contribution in [3.05, 3.63) is 39.8 Å². The van der Waals surface area contributed by atoms with E-state index in [0.717, 1.165) is 25.8 Å². The summed E-state index contributed by atoms with van der Waals surface area (Å²) in [6.45, 7) is 0.399. The van der Waals surface area contributed by atoms with E-state index in [4.69, 9.17) is 21.3 Å². The van der Waals surface area contributed by atoms with Crippen LogP contribution in [0.1, 0.15) is 38.5 Å². The van der Waals surface area contributed by atoms with Crippen LogP contribution in [0.25, 0.3) is 10.9 Å². The van der Waals surface area contributed by atoms with Gasteiger partial charge in [0.25, 0.3) is 5.56 Å². The summed E-state index contributed by atoms with van der Waals surface area (Å²) in [5, 5.41) is 17.7. The zero-order valence-corrected chi connectivity index (χ0v) is 22.8. The first kappa shape index (κ1) is 25.8. The Kier molecular flexibility index (Phi) is 5.91. The number of β-amino-alcohol motifs (C(OH)–C–C–N with tert-alkyl or cyclic N) is 1. The number of hydrogen-bond donors (Lipinski definition) is 3. The number of ether oxygens (including phenoxy) is 1. The fourth-order valence-corrected chi connectivity index (χ4v) is 6.70. The third-order valence-corrected chi connectivity index (χ3v) is 9.20. The largest absolute Gasteiger partial charge is 0.480 e. The molecule has 3 aromatic rings. The Bertz CT molecular complexity index is 1560. The molecule has 0 bridgehead atoms. The number of anilines is 4. The van der Waals surface area contributed by atoms with E-state index < -0.39 is 30.2 Å². The Balaban J connectivity index is 1.24. The summed E-state index contributed by atoms with van der Waals surface area (Å²) >= 11 is 6.49. The van der Waals surface area contributed by atoms with Gasteiger partial charge in [-0.05, 0) is 61.6 Å². The maximum absolute atomic E-state index is 15.0. The number of alkyl halides is 2. The first-order chi connectivity index (χ1) is 19.1. The predicted octanol–water partition coefficient (Wildman–Crippen LogP) is 4.69. The third-order valence-electron chi connectivity index (χ3n) is 8.93. The van der Waals surface area contributed by atoms with Gasteiger partial charge in [0.15, 0.2) is 12.4 Å². The maximum Gasteiger partial charge on any atom is 0.301 e. The summed E-state index contributed by atoms with van der Waals surface area (Å²) in [7, 11) is 1.60. The van der Waals surface area contributed by atoms with E-state index in [9.17, 15) is 18.7 Å². The Morgan fingerprint density at radius 3 is 2.80 bits per heavy atom. The van der Waals surface area contributed by atoms with Crippen molar-refractivity contribution in [3.8, 4) is 5.75 Å². The quantitative estimate of drug-likeness (QED) is 0.414. The van der Waals surface area contributed by atoms with Crippen LogP contribution in [-0.4, -0.2) is 57.4 Å². The molecule has 2 unspecified atom stereocenters. The number of rotatable bonds is 4. The van der Waals surface area contributed by atoms with Crippen molar-refractivity contribution in [2.45, 2.75) is 56.6 Å². The number of benzene rings is 1. The van der Waals surface area contributed by atoms with E-state index in [1.165, 1.54) is 17.2 Å². The second kappa shape index (κ2) is 9.17. The Morgan fingerprint density at radius 2 is 2.08 bits per heavy atom. The normalized spacial score (nSPS) is 25.0. The van der Waals surface area contributed by atoms with Crippen LogP contribution in [0.2, 0.25) is 5.02 Å². The van der Waals surface area contributed by atoms with Gasteiger partial charge >= 0.3 is 5.92 Å². The molecule has 0 amide bonds. The van der Waals surface area contributed by atoms with Crippen molar-refractivity contribution in [3.63, 3.8) is 0 Å². The van der Waals surface area contributed by atoms with Gasteiger partial charge in [0.1, 0.15) is 5.02 Å². The zero-order chi connectivity index (χ0) is 27.8. The zero-order valence-electron chi connectivity index (χ0n) is 22.1. The molecule has 4 heterocycles. The van der Waals surface area contributed by atoms with E-state index in [2.05, 4.69) is 15.6 Å². The molecule has 1 aromatic carbocycles. The number of aryl methyl sites for hydroxylation is 1. The number of piperidine rings is 1. The lowest BCUT2D eigenvalue weighted by Gasteiger charge is -2.50. The summed E-state index contributed by atoms with van der Waals surface area (Å²) in [5.74, 6) is -2.52. The van der Waals surface area contributed by atoms with Gasteiger partial charge in [0.05, 0.1) is 29.5 Å². The standard InChI is InChI=1S/C28H31ClF2N6O3/c1-36-20-6-5-16(9-18(20)21-22(25(36)39)40-14-28(30,31)23(34-21)15-3-4-15)33-24-19(29)11-32-26(35-24)37-12-17(38)10-27(13-37)7-2-8-27/h5-6,9,11,15,17,23,34,38H,2-4,7-8,10,12-14H2,1H3,(H,32,33,35). The van der Waals surface area contributed by atoms with E-state index in [1.807, 2.05) is 4.90 Å². The Hall–Kier alpha value is -3.18. The van der Waals surface area contributed by atoms with Crippen molar-refractivity contribution in [1.82, 2.24) is 14.5 Å². The van der Waals surface area contributed by atoms with Crippen LogP contribution in [0.5, 0.6) is 5.75 Å². The van der Waals surface area contributed by atoms with Crippen LogP contribution in [0.4, 0.5) is 31.9 Å². The Morgan fingerprint density at radius 1 is 1.27 bits per heavy atom. The molecule has 3 fully saturated rings. The molecule has 1 spiro atoms. The van der Waals surface area contributed by atoms with E-state index >= 15 is 0 Å². The number of pyridine rings is 1. The summed E-state index contributed by atoms with van der Waals surface area (Å²) < 4.78 is 36.8. The third kappa shape index (κ3) is 4.34. The monoisotopic (exact) mass is 572 g/mol. The number of aromatic nitrogens is 3. The smallest absolute Gasteiger partial charge is 0.301 e. The first-order valence-corrected chi connectivity index (χ1v) is 14.2. The van der Waals surface area contributed by atoms with Gasteiger partial charge in [0.2, 0.25) is 11.7 Å². The fourth-order valence-electron chi connectivity index (χ4n) is 6.56. The van der Waals surface area contributed by atoms with Crippen LogP contribution in [-0.2, 0) is 7.05 Å². The molecule has 40 heavy (non-hydrogen) atoms. The molecule has 2 saturated carbocycles. The van der Waals surface area contributed by atoms with Crippen LogP contribution < -0.4 is 25.8 Å². The molecule has 2 atom stereocenters. The molecule has 12 heteroatoms. The average Bonchev–Trinajstić information content (AvgIpc) is 3.75. The second-order valence-electron chi connectivity index (χ2n) is 11.9. The minimum absolute atomic E-state index is 0.106. The van der Waals surface area contributed by atoms with Gasteiger partial charge in [-0.1, -0.05) is 18.0 Å². The van der Waals surface area contributed by atoms with Crippen molar-refractivity contribution in [1.29, 1.82) is 0 Å². The predicted molar refractivity (Wildman–Crippen MR) is 149 cm³/mol. The molecule has 0 radical (unpaired) electrons. The number of halogens is 3. The number of fused-ring (bicyclic) bond motifs is 3. The summed E-state index contributed by atoms with van der Waals surface area (Å²) in [6.07, 6.45) is 6.68. The number of hydrogen-bond acceptors (Lipinski definition) is 8. The minimum atomic E-state index is -3.11. The number of aliphatic hydroxyl groups is 1. The van der Waals surface area contributed by atoms with Crippen LogP contribution in [0.15, 0.2) is 29.2 Å². The van der Waals surface area contributed by atoms with Crippen molar-refractivity contribution in [2.24, 2.45) is 18.4 Å².